The Labute approximate surface area is 139 Å². The molecule has 1 unspecified atom stereocenters. The summed E-state index contributed by atoms with van der Waals surface area (Å²) in [4.78, 5) is 14.6. The molecule has 1 aliphatic heterocycles. The van der Waals surface area contributed by atoms with E-state index in [1.807, 2.05) is 58.3 Å². The Morgan fingerprint density at radius 2 is 2.00 bits per heavy atom. The number of hydrogen-bond donors (Lipinski definition) is 1. The molecule has 24 heavy (non-hydrogen) atoms. The van der Waals surface area contributed by atoms with Gasteiger partial charge in [-0.25, -0.2) is 0 Å². The van der Waals surface area contributed by atoms with Crippen LogP contribution in [0, 0.1) is 5.92 Å². The van der Waals surface area contributed by atoms with E-state index in [1.54, 1.807) is 0 Å². The Morgan fingerprint density at radius 3 is 2.71 bits per heavy atom. The van der Waals surface area contributed by atoms with Crippen LogP contribution in [0.15, 0.2) is 48.8 Å². The third-order valence-electron chi connectivity index (χ3n) is 4.45. The molecule has 3 heterocycles. The molecule has 0 radical (unpaired) electrons. The van der Waals surface area contributed by atoms with Crippen LogP contribution in [0.2, 0.25) is 0 Å². The Kier molecular flexibility index (Phi) is 3.82. The van der Waals surface area contributed by atoms with Crippen LogP contribution < -0.4 is 0 Å². The van der Waals surface area contributed by atoms with Gasteiger partial charge in [0.1, 0.15) is 0 Å². The summed E-state index contributed by atoms with van der Waals surface area (Å²) in [6.45, 7) is 1.52. The first-order valence-corrected chi connectivity index (χ1v) is 8.04. The maximum atomic E-state index is 12.7. The number of carbonyl (C=O) groups is 1. The van der Waals surface area contributed by atoms with Gasteiger partial charge in [-0.05, 0) is 48.7 Å². The molecule has 1 fully saturated rings. The van der Waals surface area contributed by atoms with Crippen molar-refractivity contribution in [3.05, 3.63) is 60.2 Å². The molecule has 0 bridgehead atoms. The molecular formula is C17H18N6O. The minimum Gasteiger partial charge on any atom is -0.338 e. The van der Waals surface area contributed by atoms with Gasteiger partial charge >= 0.3 is 0 Å². The van der Waals surface area contributed by atoms with Gasteiger partial charge < -0.3 is 9.47 Å². The van der Waals surface area contributed by atoms with Crippen LogP contribution in [0.25, 0.3) is 5.69 Å². The Morgan fingerprint density at radius 1 is 1.21 bits per heavy atom. The number of tetrazole rings is 1. The lowest BCUT2D eigenvalue weighted by molar-refractivity contribution is 0.0787. The fourth-order valence-electron chi connectivity index (χ4n) is 3.18. The maximum Gasteiger partial charge on any atom is 0.253 e. The lowest BCUT2D eigenvalue weighted by Crippen LogP contribution is -2.29. The van der Waals surface area contributed by atoms with Gasteiger partial charge in [-0.3, -0.25) is 4.79 Å². The predicted molar refractivity (Wildman–Crippen MR) is 87.7 cm³/mol. The number of H-pyrrole nitrogens is 1. The lowest BCUT2D eigenvalue weighted by Gasteiger charge is -2.16. The average molecular weight is 322 g/mol. The van der Waals surface area contributed by atoms with E-state index in [1.165, 1.54) is 0 Å². The van der Waals surface area contributed by atoms with E-state index < -0.39 is 0 Å². The molecule has 4 rings (SSSR count). The molecule has 0 saturated carbocycles. The Balaban J connectivity index is 1.41. The van der Waals surface area contributed by atoms with Gasteiger partial charge in [0.2, 0.25) is 0 Å². The monoisotopic (exact) mass is 322 g/mol. The van der Waals surface area contributed by atoms with Gasteiger partial charge in [-0.2, -0.15) is 5.21 Å². The van der Waals surface area contributed by atoms with E-state index in [2.05, 4.69) is 20.6 Å². The van der Waals surface area contributed by atoms with Crippen LogP contribution in [0.5, 0.6) is 0 Å². The lowest BCUT2D eigenvalue weighted by atomic mass is 10.1. The minimum absolute atomic E-state index is 0.0877. The second kappa shape index (κ2) is 6.27. The smallest absolute Gasteiger partial charge is 0.253 e. The summed E-state index contributed by atoms with van der Waals surface area (Å²) >= 11 is 0. The fourth-order valence-corrected chi connectivity index (χ4v) is 3.18. The van der Waals surface area contributed by atoms with Gasteiger partial charge in [0, 0.05) is 43.2 Å². The van der Waals surface area contributed by atoms with Crippen molar-refractivity contribution in [3.63, 3.8) is 0 Å². The summed E-state index contributed by atoms with van der Waals surface area (Å²) in [6, 6.07) is 11.7. The molecule has 1 aliphatic rings. The van der Waals surface area contributed by atoms with Crippen molar-refractivity contribution in [3.8, 4) is 5.69 Å². The van der Waals surface area contributed by atoms with Gasteiger partial charge in [-0.1, -0.05) is 5.21 Å². The SMILES string of the molecule is O=C(c1ccc(-n2cccc2)cc1)N1CCC(Cc2nn[nH]n2)C1. The molecule has 3 aromatic rings. The van der Waals surface area contributed by atoms with Gasteiger partial charge in [0.05, 0.1) is 0 Å². The second-order valence-corrected chi connectivity index (χ2v) is 6.08. The van der Waals surface area contributed by atoms with Gasteiger partial charge in [-0.15, -0.1) is 10.2 Å². The number of likely N-dealkylation sites (tertiary alicyclic amines) is 1. The van der Waals surface area contributed by atoms with Crippen molar-refractivity contribution in [1.29, 1.82) is 0 Å². The number of aromatic nitrogens is 5. The normalized spacial score (nSPS) is 17.3. The highest BCUT2D eigenvalue weighted by atomic mass is 16.2. The van der Waals surface area contributed by atoms with Crippen molar-refractivity contribution in [2.75, 3.05) is 13.1 Å². The third-order valence-corrected chi connectivity index (χ3v) is 4.45. The predicted octanol–water partition coefficient (Wildman–Crippen LogP) is 1.70. The van der Waals surface area contributed by atoms with Crippen LogP contribution >= 0.6 is 0 Å². The topological polar surface area (TPSA) is 79.7 Å². The van der Waals surface area contributed by atoms with Gasteiger partial charge in [0.25, 0.3) is 5.91 Å². The Hall–Kier alpha value is -2.96. The van der Waals surface area contributed by atoms with Crippen LogP contribution in [-0.2, 0) is 6.42 Å². The molecule has 0 spiro atoms. The molecule has 7 heteroatoms. The summed E-state index contributed by atoms with van der Waals surface area (Å²) in [6.07, 6.45) is 5.70. The molecule has 1 aromatic carbocycles. The molecule has 1 amide bonds. The zero-order chi connectivity index (χ0) is 16.4. The standard InChI is InChI=1S/C17H18N6O/c24-17(14-3-5-15(6-4-14)22-8-1-2-9-22)23-10-7-13(12-23)11-16-18-20-21-19-16/h1-6,8-9,13H,7,10-12H2,(H,18,19,20,21). The third kappa shape index (κ3) is 2.92. The first-order chi connectivity index (χ1) is 11.8. The highest BCUT2D eigenvalue weighted by Gasteiger charge is 2.27. The van der Waals surface area contributed by atoms with E-state index in [-0.39, 0.29) is 5.91 Å². The quantitative estimate of drug-likeness (QED) is 0.793. The highest BCUT2D eigenvalue weighted by molar-refractivity contribution is 5.94. The van der Waals surface area contributed by atoms with E-state index in [0.29, 0.717) is 11.7 Å². The first kappa shape index (κ1) is 14.6. The Bertz CT molecular complexity index is 794. The van der Waals surface area contributed by atoms with Crippen LogP contribution in [0.3, 0.4) is 0 Å². The molecule has 122 valence electrons. The molecule has 1 N–H and O–H groups in total. The summed E-state index contributed by atoms with van der Waals surface area (Å²) in [7, 11) is 0. The average Bonchev–Trinajstić information content (AvgIpc) is 3.37. The number of aromatic amines is 1. The maximum absolute atomic E-state index is 12.7. The molecule has 0 aliphatic carbocycles. The van der Waals surface area contributed by atoms with E-state index in [9.17, 15) is 4.79 Å². The number of nitrogens with one attached hydrogen (secondary N) is 1. The summed E-state index contributed by atoms with van der Waals surface area (Å²) in [5.41, 5.74) is 1.78. The first-order valence-electron chi connectivity index (χ1n) is 8.04. The minimum atomic E-state index is 0.0877. The number of nitrogens with zero attached hydrogens (tertiary/aromatic N) is 5. The number of amides is 1. The van der Waals surface area contributed by atoms with E-state index in [4.69, 9.17) is 0 Å². The molecule has 2 aromatic heterocycles. The largest absolute Gasteiger partial charge is 0.338 e. The van der Waals surface area contributed by atoms with E-state index in [0.717, 1.165) is 37.2 Å². The molecule has 1 atom stereocenters. The summed E-state index contributed by atoms with van der Waals surface area (Å²) in [5.74, 6) is 1.20. The van der Waals surface area contributed by atoms with Crippen molar-refractivity contribution in [2.24, 2.45) is 5.92 Å². The fraction of sp³-hybridized carbons (Fsp3) is 0.294. The van der Waals surface area contributed by atoms with Crippen LogP contribution in [-0.4, -0.2) is 49.1 Å². The number of rotatable bonds is 4. The summed E-state index contributed by atoms with van der Waals surface area (Å²) in [5, 5.41) is 14.0. The molecule has 7 nitrogen and oxygen atoms in total. The van der Waals surface area contributed by atoms with Crippen LogP contribution in [0.1, 0.15) is 22.6 Å². The van der Waals surface area contributed by atoms with E-state index >= 15 is 0 Å². The van der Waals surface area contributed by atoms with Crippen molar-refractivity contribution < 1.29 is 4.79 Å². The van der Waals surface area contributed by atoms with Crippen molar-refractivity contribution in [2.45, 2.75) is 12.8 Å². The number of hydrogen-bond acceptors (Lipinski definition) is 4. The number of benzene rings is 1. The second-order valence-electron chi connectivity index (χ2n) is 6.08. The zero-order valence-corrected chi connectivity index (χ0v) is 13.2. The zero-order valence-electron chi connectivity index (χ0n) is 13.2. The highest BCUT2D eigenvalue weighted by Crippen LogP contribution is 2.21. The van der Waals surface area contributed by atoms with Crippen LogP contribution in [0.4, 0.5) is 0 Å². The van der Waals surface area contributed by atoms with Gasteiger partial charge in [0.15, 0.2) is 5.82 Å². The van der Waals surface area contributed by atoms with Crippen molar-refractivity contribution >= 4 is 5.91 Å². The summed E-state index contributed by atoms with van der Waals surface area (Å²) < 4.78 is 2.02. The number of carbonyl (C=O) groups excluding carboxylic acids is 1. The van der Waals surface area contributed by atoms with Crippen molar-refractivity contribution in [1.82, 2.24) is 30.1 Å². The molecule has 1 saturated heterocycles. The molecular weight excluding hydrogens is 304 g/mol.